The van der Waals surface area contributed by atoms with E-state index in [9.17, 15) is 0 Å². The maximum atomic E-state index is 6.88. The largest absolute Gasteiger partial charge is 0.454 e. The van der Waals surface area contributed by atoms with E-state index in [1.165, 1.54) is 38.2 Å². The molecule has 0 unspecified atom stereocenters. The summed E-state index contributed by atoms with van der Waals surface area (Å²) in [6.07, 6.45) is 6.48. The molecule has 0 spiro atoms. The fourth-order valence-corrected chi connectivity index (χ4v) is 8.72. The molecule has 0 atom stereocenters. The van der Waals surface area contributed by atoms with Crippen molar-refractivity contribution in [3.63, 3.8) is 0 Å². The van der Waals surface area contributed by atoms with Gasteiger partial charge in [0.05, 0.1) is 22.3 Å². The lowest BCUT2D eigenvalue weighted by Crippen LogP contribution is -2.08. The van der Waals surface area contributed by atoms with Crippen LogP contribution in [0.25, 0.3) is 82.7 Å². The molecule has 7 aromatic carbocycles. The second-order valence-electron chi connectivity index (χ2n) is 14.0. The molecule has 0 aliphatic heterocycles. The summed E-state index contributed by atoms with van der Waals surface area (Å²) in [6, 6.07) is 48.8. The summed E-state index contributed by atoms with van der Waals surface area (Å²) in [5.74, 6) is 0.456. The molecule has 10 aromatic rings. The van der Waals surface area contributed by atoms with E-state index in [0.29, 0.717) is 12.6 Å². The minimum Gasteiger partial charge on any atom is -0.454 e. The molecular formula is C49H33N3O2. The van der Waals surface area contributed by atoms with Gasteiger partial charge in [0.15, 0.2) is 5.58 Å². The van der Waals surface area contributed by atoms with Crippen molar-refractivity contribution >= 4 is 89.9 Å². The summed E-state index contributed by atoms with van der Waals surface area (Å²) in [5, 5.41) is 7.99. The number of benzene rings is 7. The second-order valence-corrected chi connectivity index (χ2v) is 14.0. The molecule has 0 saturated carbocycles. The predicted octanol–water partition coefficient (Wildman–Crippen LogP) is 13.0. The average molecular weight is 696 g/mol. The molecule has 1 aliphatic rings. The molecule has 0 radical (unpaired) electrons. The zero-order valence-electron chi connectivity index (χ0n) is 29.4. The summed E-state index contributed by atoms with van der Waals surface area (Å²) >= 11 is 0. The van der Waals surface area contributed by atoms with Crippen LogP contribution in [0.3, 0.4) is 0 Å². The van der Waals surface area contributed by atoms with E-state index in [1.807, 2.05) is 30.3 Å². The van der Waals surface area contributed by atoms with Gasteiger partial charge in [0.1, 0.15) is 17.8 Å². The molecule has 5 heteroatoms. The number of aromatic nitrogens is 1. The summed E-state index contributed by atoms with van der Waals surface area (Å²) in [6.45, 7) is 4.26. The van der Waals surface area contributed by atoms with Gasteiger partial charge in [-0.05, 0) is 64.7 Å². The number of hydrogen-bond acceptors (Lipinski definition) is 4. The number of nitrogens with zero attached hydrogens (tertiary/aromatic N) is 3. The molecule has 5 nitrogen and oxygen atoms in total. The van der Waals surface area contributed by atoms with E-state index in [4.69, 9.17) is 13.8 Å². The Hall–Kier alpha value is -6.98. The van der Waals surface area contributed by atoms with Gasteiger partial charge in [-0.2, -0.15) is 0 Å². The number of para-hydroxylation sites is 2. The first-order valence-electron chi connectivity index (χ1n) is 18.4. The standard InChI is InChI=1S/C49H33N3O2/c1-50-49-44(38-20-10-12-22-41(38)54-49)45(33-25-23-31(24-26-33)30-13-3-2-4-14-30)51-29-52-46-34-16-6-5-15-32(34)27-28-39(46)42-35-17-7-8-18-36(35)43-37-19-9-11-21-40(37)53-48(43)47(42)52/h2-5,7-15,17-28H,1,6,16,29H2/b51-45-. The zero-order valence-corrected chi connectivity index (χ0v) is 29.4. The molecule has 0 bridgehead atoms. The van der Waals surface area contributed by atoms with Crippen LogP contribution in [0.1, 0.15) is 28.7 Å². The Morgan fingerprint density at radius 2 is 1.28 bits per heavy atom. The van der Waals surface area contributed by atoms with Crippen molar-refractivity contribution in [3.8, 4) is 11.1 Å². The van der Waals surface area contributed by atoms with Crippen molar-refractivity contribution in [3.05, 3.63) is 168 Å². The predicted molar refractivity (Wildman–Crippen MR) is 225 cm³/mol. The number of rotatable bonds is 6. The fourth-order valence-electron chi connectivity index (χ4n) is 8.72. The van der Waals surface area contributed by atoms with E-state index in [0.717, 1.165) is 79.2 Å². The number of aliphatic imine (C=N–C) groups is 2. The minimum absolute atomic E-state index is 0.344. The van der Waals surface area contributed by atoms with Crippen molar-refractivity contribution in [1.82, 2.24) is 4.57 Å². The molecule has 3 aromatic heterocycles. The first-order chi connectivity index (χ1) is 26.8. The first kappa shape index (κ1) is 30.6. The lowest BCUT2D eigenvalue weighted by molar-refractivity contribution is 0.626. The van der Waals surface area contributed by atoms with Gasteiger partial charge >= 0.3 is 0 Å². The SMILES string of the molecule is C=Nc1oc2ccccc2c1/C(=N\Cn1c2c3c(ccc2c2c4ccccc4c4c5ccccc5oc4c21)C=CCC3)c1ccc(-c2ccccc2)cc1. The highest BCUT2D eigenvalue weighted by Crippen LogP contribution is 2.46. The summed E-state index contributed by atoms with van der Waals surface area (Å²) < 4.78 is 15.6. The molecule has 0 N–H and O–H groups in total. The maximum absolute atomic E-state index is 6.88. The van der Waals surface area contributed by atoms with Gasteiger partial charge in [-0.3, -0.25) is 4.99 Å². The van der Waals surface area contributed by atoms with Crippen molar-refractivity contribution in [2.24, 2.45) is 9.98 Å². The summed E-state index contributed by atoms with van der Waals surface area (Å²) in [7, 11) is 0. The average Bonchev–Trinajstić information content (AvgIpc) is 3.92. The number of aryl methyl sites for hydroxylation is 1. The van der Waals surface area contributed by atoms with Crippen LogP contribution < -0.4 is 0 Å². The van der Waals surface area contributed by atoms with Crippen LogP contribution in [0.4, 0.5) is 5.88 Å². The highest BCUT2D eigenvalue weighted by molar-refractivity contribution is 6.35. The van der Waals surface area contributed by atoms with Gasteiger partial charge < -0.3 is 13.4 Å². The second kappa shape index (κ2) is 12.0. The Morgan fingerprint density at radius 3 is 2.06 bits per heavy atom. The maximum Gasteiger partial charge on any atom is 0.228 e. The van der Waals surface area contributed by atoms with Crippen LogP contribution >= 0.6 is 0 Å². The van der Waals surface area contributed by atoms with Crippen LogP contribution in [0.5, 0.6) is 0 Å². The van der Waals surface area contributed by atoms with Gasteiger partial charge in [-0.15, -0.1) is 0 Å². The molecule has 54 heavy (non-hydrogen) atoms. The summed E-state index contributed by atoms with van der Waals surface area (Å²) in [4.78, 5) is 10.00. The highest BCUT2D eigenvalue weighted by Gasteiger charge is 2.26. The first-order valence-corrected chi connectivity index (χ1v) is 18.4. The minimum atomic E-state index is 0.344. The Balaban J connectivity index is 1.23. The van der Waals surface area contributed by atoms with Crippen LogP contribution in [0, 0.1) is 0 Å². The quantitative estimate of drug-likeness (QED) is 0.163. The third-order valence-electron chi connectivity index (χ3n) is 11.1. The van der Waals surface area contributed by atoms with Crippen molar-refractivity contribution in [2.75, 3.05) is 0 Å². The highest BCUT2D eigenvalue weighted by atomic mass is 16.3. The number of furan rings is 2. The van der Waals surface area contributed by atoms with Crippen LogP contribution in [0.15, 0.2) is 164 Å². The smallest absolute Gasteiger partial charge is 0.228 e. The van der Waals surface area contributed by atoms with Gasteiger partial charge in [0.2, 0.25) is 5.88 Å². The van der Waals surface area contributed by atoms with Gasteiger partial charge in [0.25, 0.3) is 0 Å². The van der Waals surface area contributed by atoms with E-state index < -0.39 is 0 Å². The molecule has 3 heterocycles. The topological polar surface area (TPSA) is 55.9 Å². The molecular weight excluding hydrogens is 663 g/mol. The Labute approximate surface area is 310 Å². The van der Waals surface area contributed by atoms with Crippen LogP contribution in [-0.4, -0.2) is 17.0 Å². The molecule has 1 aliphatic carbocycles. The van der Waals surface area contributed by atoms with E-state index >= 15 is 0 Å². The molecule has 0 saturated heterocycles. The third-order valence-corrected chi connectivity index (χ3v) is 11.1. The van der Waals surface area contributed by atoms with Gasteiger partial charge in [-0.25, -0.2) is 4.99 Å². The summed E-state index contributed by atoms with van der Waals surface area (Å²) in [5.41, 5.74) is 12.2. The van der Waals surface area contributed by atoms with Crippen LogP contribution in [-0.2, 0) is 13.1 Å². The number of hydrogen-bond donors (Lipinski definition) is 0. The lowest BCUT2D eigenvalue weighted by Gasteiger charge is -2.15. The monoisotopic (exact) mass is 695 g/mol. The van der Waals surface area contributed by atoms with Crippen molar-refractivity contribution in [1.29, 1.82) is 0 Å². The Bertz CT molecular complexity index is 3190. The lowest BCUT2D eigenvalue weighted by atomic mass is 9.93. The fraction of sp³-hybridized carbons (Fsp3) is 0.0612. The van der Waals surface area contributed by atoms with Gasteiger partial charge in [-0.1, -0.05) is 140 Å². The molecule has 0 fully saturated rings. The van der Waals surface area contributed by atoms with E-state index in [1.54, 1.807) is 0 Å². The Kier molecular flexibility index (Phi) is 6.83. The zero-order chi connectivity index (χ0) is 35.8. The number of allylic oxidation sites excluding steroid dienone is 1. The van der Waals surface area contributed by atoms with Crippen molar-refractivity contribution in [2.45, 2.75) is 19.5 Å². The van der Waals surface area contributed by atoms with Crippen LogP contribution in [0.2, 0.25) is 0 Å². The molecule has 0 amide bonds. The molecule has 11 rings (SSSR count). The normalized spacial score (nSPS) is 13.2. The Morgan fingerprint density at radius 1 is 0.611 bits per heavy atom. The van der Waals surface area contributed by atoms with E-state index in [-0.39, 0.29) is 0 Å². The van der Waals surface area contributed by atoms with E-state index in [2.05, 4.69) is 138 Å². The molecule has 256 valence electrons. The van der Waals surface area contributed by atoms with Gasteiger partial charge in [0, 0.05) is 32.5 Å². The number of fused-ring (bicyclic) bond motifs is 13. The van der Waals surface area contributed by atoms with Crippen molar-refractivity contribution < 1.29 is 8.83 Å². The third kappa shape index (κ3) is 4.51.